The lowest BCUT2D eigenvalue weighted by Gasteiger charge is -2.22. The van der Waals surface area contributed by atoms with Gasteiger partial charge in [0.2, 0.25) is 0 Å². The Balaban J connectivity index is 2.02. The van der Waals surface area contributed by atoms with Gasteiger partial charge in [-0.1, -0.05) is 0 Å². The van der Waals surface area contributed by atoms with Crippen molar-refractivity contribution in [2.45, 2.75) is 18.9 Å². The third-order valence-electron chi connectivity index (χ3n) is 2.53. The smallest absolute Gasteiger partial charge is 0.274 e. The van der Waals surface area contributed by atoms with Crippen molar-refractivity contribution in [1.29, 1.82) is 0 Å². The van der Waals surface area contributed by atoms with Crippen LogP contribution >= 0.6 is 11.8 Å². The second kappa shape index (κ2) is 5.16. The molecule has 6 heteroatoms. The molecule has 1 aliphatic rings. The highest BCUT2D eigenvalue weighted by Gasteiger charge is 2.15. The van der Waals surface area contributed by atoms with Crippen LogP contribution in [0.4, 0.5) is 11.5 Å². The first-order valence-corrected chi connectivity index (χ1v) is 6.36. The van der Waals surface area contributed by atoms with Gasteiger partial charge in [-0.15, -0.1) is 0 Å². The molecule has 1 N–H and O–H groups in total. The zero-order chi connectivity index (χ0) is 11.4. The predicted octanol–water partition coefficient (Wildman–Crippen LogP) is 2.30. The maximum Gasteiger partial charge on any atom is 0.274 e. The van der Waals surface area contributed by atoms with E-state index in [1.165, 1.54) is 18.3 Å². The average Bonchev–Trinajstić information content (AvgIpc) is 2.30. The molecule has 0 aromatic carbocycles. The van der Waals surface area contributed by atoms with E-state index in [0.717, 1.165) is 24.3 Å². The first-order valence-electron chi connectivity index (χ1n) is 5.20. The van der Waals surface area contributed by atoms with E-state index in [4.69, 9.17) is 0 Å². The minimum Gasteiger partial charge on any atom is -0.367 e. The molecule has 0 saturated carbocycles. The lowest BCUT2D eigenvalue weighted by molar-refractivity contribution is -0.384. The average molecular weight is 239 g/mol. The highest BCUT2D eigenvalue weighted by atomic mass is 32.2. The molecule has 2 heterocycles. The van der Waals surface area contributed by atoms with Gasteiger partial charge in [-0.2, -0.15) is 11.8 Å². The molecule has 0 radical (unpaired) electrons. The summed E-state index contributed by atoms with van der Waals surface area (Å²) in [6.45, 7) is 0. The zero-order valence-electron chi connectivity index (χ0n) is 8.76. The van der Waals surface area contributed by atoms with Gasteiger partial charge in [0.25, 0.3) is 5.69 Å². The molecule has 0 aliphatic carbocycles. The SMILES string of the molecule is O=[N+]([O-])c1ccnc(NC2CCSCC2)c1. The van der Waals surface area contributed by atoms with Gasteiger partial charge in [0.05, 0.1) is 11.0 Å². The fourth-order valence-corrected chi connectivity index (χ4v) is 2.77. The summed E-state index contributed by atoms with van der Waals surface area (Å²) < 4.78 is 0. The summed E-state index contributed by atoms with van der Waals surface area (Å²) in [5.74, 6) is 2.89. The predicted molar refractivity (Wildman–Crippen MR) is 64.9 cm³/mol. The van der Waals surface area contributed by atoms with Crippen LogP contribution < -0.4 is 5.32 Å². The molecule has 1 saturated heterocycles. The Labute approximate surface area is 97.8 Å². The highest BCUT2D eigenvalue weighted by molar-refractivity contribution is 7.99. The molecular formula is C10H13N3O2S. The van der Waals surface area contributed by atoms with Crippen LogP contribution in [0.1, 0.15) is 12.8 Å². The quantitative estimate of drug-likeness (QED) is 0.647. The maximum atomic E-state index is 10.6. The second-order valence-corrected chi connectivity index (χ2v) is 4.91. The number of nitro groups is 1. The van der Waals surface area contributed by atoms with Crippen LogP contribution in [0.5, 0.6) is 0 Å². The molecule has 1 fully saturated rings. The summed E-state index contributed by atoms with van der Waals surface area (Å²) in [7, 11) is 0. The van der Waals surface area contributed by atoms with Crippen LogP contribution in [0.25, 0.3) is 0 Å². The van der Waals surface area contributed by atoms with Gasteiger partial charge in [-0.3, -0.25) is 10.1 Å². The van der Waals surface area contributed by atoms with Crippen molar-refractivity contribution in [2.75, 3.05) is 16.8 Å². The van der Waals surface area contributed by atoms with Crippen molar-refractivity contribution >= 4 is 23.3 Å². The number of thioether (sulfide) groups is 1. The van der Waals surface area contributed by atoms with Gasteiger partial charge in [-0.05, 0) is 24.3 Å². The minimum absolute atomic E-state index is 0.0858. The summed E-state index contributed by atoms with van der Waals surface area (Å²) in [5, 5.41) is 13.8. The fraction of sp³-hybridized carbons (Fsp3) is 0.500. The molecular weight excluding hydrogens is 226 g/mol. The standard InChI is InChI=1S/C10H13N3O2S/c14-13(15)9-1-4-11-10(7-9)12-8-2-5-16-6-3-8/h1,4,7-8H,2-3,5-6H2,(H,11,12). The summed E-state index contributed by atoms with van der Waals surface area (Å²) in [5.41, 5.74) is 0.0858. The third kappa shape index (κ3) is 2.85. The van der Waals surface area contributed by atoms with E-state index in [0.29, 0.717) is 11.9 Å². The van der Waals surface area contributed by atoms with Crippen LogP contribution in [0.2, 0.25) is 0 Å². The summed E-state index contributed by atoms with van der Waals surface area (Å²) >= 11 is 1.95. The lowest BCUT2D eigenvalue weighted by Crippen LogP contribution is -2.24. The van der Waals surface area contributed by atoms with Crippen LogP contribution in [0.15, 0.2) is 18.3 Å². The van der Waals surface area contributed by atoms with Crippen molar-refractivity contribution in [3.05, 3.63) is 28.4 Å². The van der Waals surface area contributed by atoms with Crippen molar-refractivity contribution in [3.63, 3.8) is 0 Å². The Hall–Kier alpha value is -1.30. The molecule has 5 nitrogen and oxygen atoms in total. The molecule has 0 amide bonds. The van der Waals surface area contributed by atoms with Crippen molar-refractivity contribution in [2.24, 2.45) is 0 Å². The first-order chi connectivity index (χ1) is 7.75. The lowest BCUT2D eigenvalue weighted by atomic mass is 10.1. The molecule has 0 atom stereocenters. The summed E-state index contributed by atoms with van der Waals surface area (Å²) in [6, 6.07) is 3.29. The van der Waals surface area contributed by atoms with Crippen LogP contribution in [-0.4, -0.2) is 27.5 Å². The topological polar surface area (TPSA) is 68.1 Å². The largest absolute Gasteiger partial charge is 0.367 e. The van der Waals surface area contributed by atoms with Crippen LogP contribution in [-0.2, 0) is 0 Å². The minimum atomic E-state index is -0.399. The molecule has 1 aromatic heterocycles. The Morgan fingerprint density at radius 3 is 2.94 bits per heavy atom. The maximum absolute atomic E-state index is 10.6. The molecule has 0 spiro atoms. The Morgan fingerprint density at radius 1 is 1.50 bits per heavy atom. The second-order valence-electron chi connectivity index (χ2n) is 3.69. The van der Waals surface area contributed by atoms with E-state index < -0.39 is 4.92 Å². The normalized spacial score (nSPS) is 17.0. The number of nitrogens with zero attached hydrogens (tertiary/aromatic N) is 2. The summed E-state index contributed by atoms with van der Waals surface area (Å²) in [4.78, 5) is 14.3. The van der Waals surface area contributed by atoms with Gasteiger partial charge in [0.1, 0.15) is 5.82 Å². The van der Waals surface area contributed by atoms with Gasteiger partial charge in [0, 0.05) is 18.3 Å². The molecule has 2 rings (SSSR count). The zero-order valence-corrected chi connectivity index (χ0v) is 9.57. The number of pyridine rings is 1. The molecule has 1 aliphatic heterocycles. The molecule has 1 aromatic rings. The van der Waals surface area contributed by atoms with E-state index in [9.17, 15) is 10.1 Å². The van der Waals surface area contributed by atoms with E-state index >= 15 is 0 Å². The molecule has 86 valence electrons. The Bertz CT molecular complexity index is 380. The van der Waals surface area contributed by atoms with E-state index in [2.05, 4.69) is 10.3 Å². The number of rotatable bonds is 3. The van der Waals surface area contributed by atoms with Gasteiger partial charge < -0.3 is 5.32 Å². The van der Waals surface area contributed by atoms with Gasteiger partial charge in [0.15, 0.2) is 0 Å². The number of hydrogen-bond acceptors (Lipinski definition) is 5. The Kier molecular flexibility index (Phi) is 3.61. The van der Waals surface area contributed by atoms with Gasteiger partial charge >= 0.3 is 0 Å². The number of nitrogens with one attached hydrogen (secondary N) is 1. The van der Waals surface area contributed by atoms with Crippen molar-refractivity contribution in [3.8, 4) is 0 Å². The summed E-state index contributed by atoms with van der Waals surface area (Å²) in [6.07, 6.45) is 3.65. The van der Waals surface area contributed by atoms with Gasteiger partial charge in [-0.25, -0.2) is 4.98 Å². The molecule has 0 unspecified atom stereocenters. The molecule has 16 heavy (non-hydrogen) atoms. The van der Waals surface area contributed by atoms with E-state index in [-0.39, 0.29) is 5.69 Å². The van der Waals surface area contributed by atoms with Crippen LogP contribution in [0, 0.1) is 10.1 Å². The Morgan fingerprint density at radius 2 is 2.25 bits per heavy atom. The van der Waals surface area contributed by atoms with Crippen LogP contribution in [0.3, 0.4) is 0 Å². The number of aromatic nitrogens is 1. The van der Waals surface area contributed by atoms with E-state index in [1.54, 1.807) is 0 Å². The number of anilines is 1. The van der Waals surface area contributed by atoms with Crippen molar-refractivity contribution < 1.29 is 4.92 Å². The van der Waals surface area contributed by atoms with E-state index in [1.807, 2.05) is 11.8 Å². The third-order valence-corrected chi connectivity index (χ3v) is 3.58. The molecule has 0 bridgehead atoms. The monoisotopic (exact) mass is 239 g/mol. The van der Waals surface area contributed by atoms with Crippen molar-refractivity contribution in [1.82, 2.24) is 4.98 Å². The fourth-order valence-electron chi connectivity index (χ4n) is 1.66. The highest BCUT2D eigenvalue weighted by Crippen LogP contribution is 2.21. The first kappa shape index (κ1) is 11.2. The number of hydrogen-bond donors (Lipinski definition) is 1.